The molecule has 2 aromatic rings. The fourth-order valence-electron chi connectivity index (χ4n) is 2.29. The average molecular weight is 336 g/mol. The Balaban J connectivity index is 2.25. The quantitative estimate of drug-likeness (QED) is 0.735. The number of nitrogens with one attached hydrogen (secondary N) is 1. The Morgan fingerprint density at radius 3 is 2.38 bits per heavy atom. The molecule has 0 spiro atoms. The molecule has 0 saturated carbocycles. The summed E-state index contributed by atoms with van der Waals surface area (Å²) in [4.78, 5) is 4.48. The molecule has 0 aliphatic rings. The summed E-state index contributed by atoms with van der Waals surface area (Å²) in [5.41, 5.74) is 4.41. The van der Waals surface area contributed by atoms with Crippen LogP contribution in [0.4, 0.5) is 24.5 Å². The van der Waals surface area contributed by atoms with E-state index in [0.717, 1.165) is 29.1 Å². The van der Waals surface area contributed by atoms with Crippen molar-refractivity contribution >= 4 is 17.1 Å². The van der Waals surface area contributed by atoms with Crippen molar-refractivity contribution in [3.8, 4) is 5.75 Å². The van der Waals surface area contributed by atoms with Crippen molar-refractivity contribution in [2.24, 2.45) is 4.99 Å². The van der Waals surface area contributed by atoms with Gasteiger partial charge in [-0.1, -0.05) is 12.1 Å². The molecule has 0 atom stereocenters. The van der Waals surface area contributed by atoms with Crippen LogP contribution in [0.3, 0.4) is 0 Å². The molecule has 0 bridgehead atoms. The van der Waals surface area contributed by atoms with E-state index in [1.165, 1.54) is 24.3 Å². The number of rotatable bonds is 5. The van der Waals surface area contributed by atoms with Crippen molar-refractivity contribution in [3.05, 3.63) is 53.6 Å². The van der Waals surface area contributed by atoms with Gasteiger partial charge in [-0.15, -0.1) is 13.2 Å². The highest BCUT2D eigenvalue weighted by atomic mass is 19.4. The van der Waals surface area contributed by atoms with Gasteiger partial charge in [0.15, 0.2) is 0 Å². The highest BCUT2D eigenvalue weighted by molar-refractivity contribution is 6.04. The standard InChI is InChI=1S/C18H19F3N2O/c1-4-22-17-11-12(2)5-10-16(17)13(3)23-14-6-8-15(9-7-14)24-18(19,20)21/h5-11,22H,4H2,1-3H3. The van der Waals surface area contributed by atoms with Crippen molar-refractivity contribution in [2.45, 2.75) is 27.1 Å². The van der Waals surface area contributed by atoms with E-state index in [4.69, 9.17) is 0 Å². The fraction of sp³-hybridized carbons (Fsp3) is 0.278. The molecular formula is C18H19F3N2O. The molecule has 1 N–H and O–H groups in total. The van der Waals surface area contributed by atoms with Crippen LogP contribution in [0.1, 0.15) is 25.0 Å². The highest BCUT2D eigenvalue weighted by Crippen LogP contribution is 2.26. The summed E-state index contributed by atoms with van der Waals surface area (Å²) in [7, 11) is 0. The maximum absolute atomic E-state index is 12.2. The number of hydrogen-bond donors (Lipinski definition) is 1. The molecule has 0 heterocycles. The van der Waals surface area contributed by atoms with E-state index in [9.17, 15) is 13.2 Å². The average Bonchev–Trinajstić information content (AvgIpc) is 2.48. The van der Waals surface area contributed by atoms with Crippen molar-refractivity contribution < 1.29 is 17.9 Å². The number of aryl methyl sites for hydroxylation is 1. The zero-order chi connectivity index (χ0) is 17.7. The number of alkyl halides is 3. The van der Waals surface area contributed by atoms with Gasteiger partial charge in [0.25, 0.3) is 0 Å². The molecule has 0 amide bonds. The SMILES string of the molecule is CCNc1cc(C)ccc1C(C)=Nc1ccc(OC(F)(F)F)cc1. The Morgan fingerprint density at radius 1 is 1.12 bits per heavy atom. The lowest BCUT2D eigenvalue weighted by Gasteiger charge is -2.12. The molecule has 0 saturated heterocycles. The van der Waals surface area contributed by atoms with Gasteiger partial charge in [0.1, 0.15) is 5.75 Å². The number of hydrogen-bond acceptors (Lipinski definition) is 3. The molecule has 0 aromatic heterocycles. The third kappa shape index (κ3) is 5.01. The predicted molar refractivity (Wildman–Crippen MR) is 90.3 cm³/mol. The van der Waals surface area contributed by atoms with E-state index in [2.05, 4.69) is 15.0 Å². The number of nitrogens with zero attached hydrogens (tertiary/aromatic N) is 1. The molecule has 0 aliphatic heterocycles. The number of benzene rings is 2. The highest BCUT2D eigenvalue weighted by Gasteiger charge is 2.30. The van der Waals surface area contributed by atoms with Crippen LogP contribution < -0.4 is 10.1 Å². The summed E-state index contributed by atoms with van der Waals surface area (Å²) in [6.45, 7) is 6.67. The second-order valence-corrected chi connectivity index (χ2v) is 5.32. The first-order valence-corrected chi connectivity index (χ1v) is 7.54. The molecule has 128 valence electrons. The molecule has 2 aromatic carbocycles. The number of halogens is 3. The second-order valence-electron chi connectivity index (χ2n) is 5.32. The first-order valence-electron chi connectivity index (χ1n) is 7.54. The Labute approximate surface area is 139 Å². The minimum absolute atomic E-state index is 0.261. The minimum atomic E-state index is -4.69. The van der Waals surface area contributed by atoms with Gasteiger partial charge in [0.05, 0.1) is 5.69 Å². The van der Waals surface area contributed by atoms with Crippen molar-refractivity contribution in [1.29, 1.82) is 0 Å². The van der Waals surface area contributed by atoms with E-state index in [0.29, 0.717) is 5.69 Å². The molecule has 6 heteroatoms. The monoisotopic (exact) mass is 336 g/mol. The number of aliphatic imine (C=N–C) groups is 1. The molecule has 24 heavy (non-hydrogen) atoms. The zero-order valence-electron chi connectivity index (χ0n) is 13.7. The van der Waals surface area contributed by atoms with E-state index >= 15 is 0 Å². The molecule has 0 aliphatic carbocycles. The third-order valence-electron chi connectivity index (χ3n) is 3.30. The third-order valence-corrected chi connectivity index (χ3v) is 3.30. The van der Waals surface area contributed by atoms with E-state index < -0.39 is 6.36 Å². The van der Waals surface area contributed by atoms with Gasteiger partial charge in [-0.05, 0) is 56.7 Å². The normalized spacial score (nSPS) is 12.2. The minimum Gasteiger partial charge on any atom is -0.406 e. The van der Waals surface area contributed by atoms with Crippen LogP contribution in [0, 0.1) is 6.92 Å². The Hall–Kier alpha value is -2.50. The topological polar surface area (TPSA) is 33.6 Å². The largest absolute Gasteiger partial charge is 0.573 e. The second kappa shape index (κ2) is 7.38. The molecule has 2 rings (SSSR count). The van der Waals surface area contributed by atoms with Crippen molar-refractivity contribution in [1.82, 2.24) is 0 Å². The lowest BCUT2D eigenvalue weighted by atomic mass is 10.1. The van der Waals surface area contributed by atoms with Gasteiger partial charge < -0.3 is 10.1 Å². The van der Waals surface area contributed by atoms with Gasteiger partial charge >= 0.3 is 6.36 Å². The van der Waals surface area contributed by atoms with E-state index in [1.54, 1.807) is 0 Å². The summed E-state index contributed by atoms with van der Waals surface area (Å²) >= 11 is 0. The van der Waals surface area contributed by atoms with Crippen LogP contribution >= 0.6 is 0 Å². The summed E-state index contributed by atoms with van der Waals surface area (Å²) in [6, 6.07) is 11.5. The van der Waals surface area contributed by atoms with Crippen LogP contribution in [0.15, 0.2) is 47.5 Å². The maximum Gasteiger partial charge on any atom is 0.573 e. The summed E-state index contributed by atoms with van der Waals surface area (Å²) in [5.74, 6) is -0.261. The van der Waals surface area contributed by atoms with Crippen LogP contribution in [0.2, 0.25) is 0 Å². The van der Waals surface area contributed by atoms with Crippen LogP contribution in [-0.4, -0.2) is 18.6 Å². The number of ether oxygens (including phenoxy) is 1. The molecule has 0 unspecified atom stereocenters. The Morgan fingerprint density at radius 2 is 1.79 bits per heavy atom. The molecule has 3 nitrogen and oxygen atoms in total. The molecule has 0 fully saturated rings. The van der Waals surface area contributed by atoms with Gasteiger partial charge in [-0.2, -0.15) is 0 Å². The molecular weight excluding hydrogens is 317 g/mol. The molecule has 0 radical (unpaired) electrons. The number of anilines is 1. The summed E-state index contributed by atoms with van der Waals surface area (Å²) in [6.07, 6.45) is -4.69. The van der Waals surface area contributed by atoms with Crippen LogP contribution in [0.25, 0.3) is 0 Å². The summed E-state index contributed by atoms with van der Waals surface area (Å²) < 4.78 is 40.4. The van der Waals surface area contributed by atoms with Gasteiger partial charge in [-0.25, -0.2) is 0 Å². The van der Waals surface area contributed by atoms with Crippen molar-refractivity contribution in [3.63, 3.8) is 0 Å². The van der Waals surface area contributed by atoms with Crippen molar-refractivity contribution in [2.75, 3.05) is 11.9 Å². The van der Waals surface area contributed by atoms with Crippen LogP contribution in [0.5, 0.6) is 5.75 Å². The van der Waals surface area contributed by atoms with Gasteiger partial charge in [0.2, 0.25) is 0 Å². The lowest BCUT2D eigenvalue weighted by molar-refractivity contribution is -0.274. The van der Waals surface area contributed by atoms with E-state index in [-0.39, 0.29) is 5.75 Å². The zero-order valence-corrected chi connectivity index (χ0v) is 13.7. The first-order chi connectivity index (χ1) is 11.3. The summed E-state index contributed by atoms with van der Waals surface area (Å²) in [5, 5.41) is 3.29. The maximum atomic E-state index is 12.2. The van der Waals surface area contributed by atoms with Gasteiger partial charge in [0, 0.05) is 23.5 Å². The smallest absolute Gasteiger partial charge is 0.406 e. The van der Waals surface area contributed by atoms with E-state index in [1.807, 2.05) is 39.0 Å². The first kappa shape index (κ1) is 17.8. The fourth-order valence-corrected chi connectivity index (χ4v) is 2.29. The van der Waals surface area contributed by atoms with Crippen LogP contribution in [-0.2, 0) is 0 Å². The Kier molecular flexibility index (Phi) is 5.49. The lowest BCUT2D eigenvalue weighted by Crippen LogP contribution is -2.16. The Bertz CT molecular complexity index is 722. The van der Waals surface area contributed by atoms with Gasteiger partial charge in [-0.3, -0.25) is 4.99 Å². The predicted octanol–water partition coefficient (Wildman–Crippen LogP) is 5.47.